The monoisotopic (exact) mass is 488 g/mol. The van der Waals surface area contributed by atoms with Gasteiger partial charge in [0.25, 0.3) is 5.91 Å². The molecule has 7 heteroatoms. The molecule has 0 aliphatic carbocycles. The zero-order chi connectivity index (χ0) is 25.9. The van der Waals surface area contributed by atoms with E-state index in [2.05, 4.69) is 23.4 Å². The first-order valence-corrected chi connectivity index (χ1v) is 12.7. The Labute approximate surface area is 213 Å². The minimum absolute atomic E-state index is 0.0777. The Hall–Kier alpha value is -3.61. The first kappa shape index (κ1) is 25.5. The van der Waals surface area contributed by atoms with Crippen LogP contribution in [0.25, 0.3) is 5.69 Å². The third-order valence-corrected chi connectivity index (χ3v) is 6.48. The van der Waals surface area contributed by atoms with Gasteiger partial charge in [-0.2, -0.15) is 5.10 Å². The number of carbonyl (C=O) groups is 2. The number of anilines is 1. The molecule has 3 aromatic rings. The molecule has 0 spiro atoms. The summed E-state index contributed by atoms with van der Waals surface area (Å²) in [5.74, 6) is -0.0896. The highest BCUT2D eigenvalue weighted by atomic mass is 16.6. The number of aromatic nitrogens is 2. The molecule has 2 aromatic carbocycles. The molecule has 1 fully saturated rings. The molecule has 1 N–H and O–H groups in total. The van der Waals surface area contributed by atoms with Crippen molar-refractivity contribution in [1.29, 1.82) is 0 Å². The van der Waals surface area contributed by atoms with Crippen molar-refractivity contribution in [3.8, 4) is 5.69 Å². The summed E-state index contributed by atoms with van der Waals surface area (Å²) in [4.78, 5) is 27.9. The van der Waals surface area contributed by atoms with Crippen LogP contribution in [0, 0.1) is 6.92 Å². The van der Waals surface area contributed by atoms with Gasteiger partial charge in [0.05, 0.1) is 23.1 Å². The van der Waals surface area contributed by atoms with Crippen LogP contribution in [0.5, 0.6) is 0 Å². The highest BCUT2D eigenvalue weighted by Gasteiger charge is 2.32. The summed E-state index contributed by atoms with van der Waals surface area (Å²) in [6.07, 6.45) is 3.66. The highest BCUT2D eigenvalue weighted by molar-refractivity contribution is 6.05. The first-order chi connectivity index (χ1) is 17.2. The number of para-hydroxylation sites is 1. The topological polar surface area (TPSA) is 76.5 Å². The predicted octanol–water partition coefficient (Wildman–Crippen LogP) is 6.11. The molecule has 4 rings (SSSR count). The maximum atomic E-state index is 13.5. The fourth-order valence-electron chi connectivity index (χ4n) is 4.69. The van der Waals surface area contributed by atoms with E-state index < -0.39 is 5.60 Å². The number of hydrogen-bond donors (Lipinski definition) is 1. The van der Waals surface area contributed by atoms with E-state index in [-0.39, 0.29) is 17.9 Å². The second kappa shape index (κ2) is 10.6. The lowest BCUT2D eigenvalue weighted by Crippen LogP contribution is -2.41. The minimum atomic E-state index is -0.530. The van der Waals surface area contributed by atoms with E-state index >= 15 is 0 Å². The van der Waals surface area contributed by atoms with Gasteiger partial charge in [0.1, 0.15) is 5.60 Å². The molecule has 36 heavy (non-hydrogen) atoms. The quantitative estimate of drug-likeness (QED) is 0.470. The van der Waals surface area contributed by atoms with Crippen LogP contribution >= 0.6 is 0 Å². The van der Waals surface area contributed by atoms with Crippen molar-refractivity contribution in [2.45, 2.75) is 65.4 Å². The van der Waals surface area contributed by atoms with Gasteiger partial charge in [0.2, 0.25) is 0 Å². The van der Waals surface area contributed by atoms with Gasteiger partial charge in [-0.3, -0.25) is 4.79 Å². The summed E-state index contributed by atoms with van der Waals surface area (Å²) in [6, 6.07) is 16.0. The van der Waals surface area contributed by atoms with E-state index in [0.29, 0.717) is 18.7 Å². The zero-order valence-corrected chi connectivity index (χ0v) is 21.9. The zero-order valence-electron chi connectivity index (χ0n) is 21.9. The number of rotatable bonds is 5. The normalized spacial score (nSPS) is 14.5. The van der Waals surface area contributed by atoms with Crippen molar-refractivity contribution in [3.05, 3.63) is 77.1 Å². The van der Waals surface area contributed by atoms with Gasteiger partial charge in [-0.05, 0) is 76.3 Å². The number of carbonyl (C=O) groups excluding carboxylic acids is 2. The fraction of sp³-hybridized carbons (Fsp3) is 0.414. The molecule has 0 atom stereocenters. The number of aryl methyl sites for hydroxylation is 2. The van der Waals surface area contributed by atoms with Crippen LogP contribution in [0.3, 0.4) is 0 Å². The van der Waals surface area contributed by atoms with Crippen LogP contribution in [0.2, 0.25) is 0 Å². The number of benzene rings is 2. The third kappa shape index (κ3) is 5.78. The minimum Gasteiger partial charge on any atom is -0.444 e. The number of likely N-dealkylation sites (tertiary alicyclic amines) is 1. The maximum absolute atomic E-state index is 13.5. The van der Waals surface area contributed by atoms with Gasteiger partial charge in [0, 0.05) is 24.7 Å². The summed E-state index contributed by atoms with van der Waals surface area (Å²) in [5, 5.41) is 7.77. The molecule has 2 heterocycles. The number of ether oxygens (including phenoxy) is 1. The lowest BCUT2D eigenvalue weighted by molar-refractivity contribution is 0.0203. The van der Waals surface area contributed by atoms with Gasteiger partial charge >= 0.3 is 6.09 Å². The summed E-state index contributed by atoms with van der Waals surface area (Å²) in [6.45, 7) is 10.9. The SMILES string of the molecule is CCc1ccccc1NC(=O)c1cnn(-c2cccc(C)c2)c1C1CCN(C(=O)OC(C)(C)C)CC1. The summed E-state index contributed by atoms with van der Waals surface area (Å²) >= 11 is 0. The van der Waals surface area contributed by atoms with E-state index in [4.69, 9.17) is 4.74 Å². The second-order valence-electron chi connectivity index (χ2n) is 10.4. The molecule has 1 aromatic heterocycles. The molecule has 1 aliphatic heterocycles. The average molecular weight is 489 g/mol. The molecule has 190 valence electrons. The molecule has 7 nitrogen and oxygen atoms in total. The first-order valence-electron chi connectivity index (χ1n) is 12.7. The van der Waals surface area contributed by atoms with Crippen molar-refractivity contribution in [2.75, 3.05) is 18.4 Å². The number of nitrogens with zero attached hydrogens (tertiary/aromatic N) is 3. The van der Waals surface area contributed by atoms with Crippen LogP contribution in [0.4, 0.5) is 10.5 Å². The van der Waals surface area contributed by atoms with E-state index in [1.165, 1.54) is 0 Å². The summed E-state index contributed by atoms with van der Waals surface area (Å²) in [7, 11) is 0. The Kier molecular flexibility index (Phi) is 7.48. The van der Waals surface area contributed by atoms with Crippen LogP contribution in [-0.4, -0.2) is 45.4 Å². The Balaban J connectivity index is 1.63. The van der Waals surface area contributed by atoms with E-state index in [9.17, 15) is 9.59 Å². The van der Waals surface area contributed by atoms with Gasteiger partial charge in [0.15, 0.2) is 0 Å². The van der Waals surface area contributed by atoms with Gasteiger partial charge in [-0.25, -0.2) is 9.48 Å². The van der Waals surface area contributed by atoms with Gasteiger partial charge < -0.3 is 15.0 Å². The van der Waals surface area contributed by atoms with Crippen molar-refractivity contribution in [3.63, 3.8) is 0 Å². The molecule has 0 bridgehead atoms. The highest BCUT2D eigenvalue weighted by Crippen LogP contribution is 2.33. The Morgan fingerprint density at radius 3 is 2.47 bits per heavy atom. The van der Waals surface area contributed by atoms with Crippen molar-refractivity contribution in [1.82, 2.24) is 14.7 Å². The number of nitrogens with one attached hydrogen (secondary N) is 1. The summed E-state index contributed by atoms with van der Waals surface area (Å²) < 4.78 is 7.46. The van der Waals surface area contributed by atoms with E-state index in [1.54, 1.807) is 11.1 Å². The molecule has 1 aliphatic rings. The molecule has 1 saturated heterocycles. The molecular weight excluding hydrogens is 452 g/mol. The molecule has 0 radical (unpaired) electrons. The van der Waals surface area contributed by atoms with Crippen LogP contribution in [-0.2, 0) is 11.2 Å². The Bertz CT molecular complexity index is 1230. The van der Waals surface area contributed by atoms with Crippen LogP contribution < -0.4 is 5.32 Å². The smallest absolute Gasteiger partial charge is 0.410 e. The predicted molar refractivity (Wildman–Crippen MR) is 142 cm³/mol. The van der Waals surface area contributed by atoms with Crippen molar-refractivity contribution in [2.24, 2.45) is 0 Å². The molecule has 0 unspecified atom stereocenters. The van der Waals surface area contributed by atoms with Gasteiger partial charge in [-0.1, -0.05) is 37.3 Å². The van der Waals surface area contributed by atoms with E-state index in [1.807, 2.05) is 74.8 Å². The third-order valence-electron chi connectivity index (χ3n) is 6.48. The second-order valence-corrected chi connectivity index (χ2v) is 10.4. The number of hydrogen-bond acceptors (Lipinski definition) is 4. The van der Waals surface area contributed by atoms with Crippen molar-refractivity contribution >= 4 is 17.7 Å². The van der Waals surface area contributed by atoms with Crippen molar-refractivity contribution < 1.29 is 14.3 Å². The largest absolute Gasteiger partial charge is 0.444 e. The molecular formula is C29H36N4O3. The van der Waals surface area contributed by atoms with Gasteiger partial charge in [-0.15, -0.1) is 0 Å². The fourth-order valence-corrected chi connectivity index (χ4v) is 4.69. The molecule has 0 saturated carbocycles. The van der Waals surface area contributed by atoms with E-state index in [0.717, 1.165) is 47.5 Å². The number of amides is 2. The van der Waals surface area contributed by atoms with Crippen LogP contribution in [0.15, 0.2) is 54.7 Å². The maximum Gasteiger partial charge on any atom is 0.410 e. The summed E-state index contributed by atoms with van der Waals surface area (Å²) in [5.41, 5.74) is 4.87. The Morgan fingerprint density at radius 2 is 1.81 bits per heavy atom. The number of piperidine rings is 1. The molecule has 2 amide bonds. The average Bonchev–Trinajstić information content (AvgIpc) is 3.29. The van der Waals surface area contributed by atoms with Crippen LogP contribution in [0.1, 0.15) is 73.6 Å². The lowest BCUT2D eigenvalue weighted by Gasteiger charge is -2.34. The standard InChI is InChI=1S/C29H36N4O3/c1-6-21-11-7-8-13-25(21)31-27(34)24-19-30-33(23-12-9-10-20(2)18-23)26(24)22-14-16-32(17-15-22)28(35)36-29(3,4)5/h7-13,18-19,22H,6,14-17H2,1-5H3,(H,31,34). The Morgan fingerprint density at radius 1 is 1.08 bits per heavy atom. The lowest BCUT2D eigenvalue weighted by atomic mass is 9.90.